The summed E-state index contributed by atoms with van der Waals surface area (Å²) in [7, 11) is -3.34. The number of sulfone groups is 1. The molecule has 170 valence electrons. The summed E-state index contributed by atoms with van der Waals surface area (Å²) in [6, 6.07) is 10.7. The molecule has 4 aliphatic heterocycles. The Balaban J connectivity index is 1.48. The van der Waals surface area contributed by atoms with Crippen molar-refractivity contribution in [3.63, 3.8) is 0 Å². The Morgan fingerprint density at radius 2 is 1.78 bits per heavy atom. The highest BCUT2D eigenvalue weighted by molar-refractivity contribution is 7.90. The first-order chi connectivity index (χ1) is 15.3. The number of carbonyl (C=O) groups excluding carboxylic acids is 1. The first kappa shape index (κ1) is 21.4. The maximum atomic E-state index is 13.6. The molecule has 0 radical (unpaired) electrons. The number of hydrogen-bond acceptors (Lipinski definition) is 5. The van der Waals surface area contributed by atoms with Crippen molar-refractivity contribution in [2.45, 2.75) is 36.3 Å². The topological polar surface area (TPSA) is 66.9 Å². The van der Waals surface area contributed by atoms with Gasteiger partial charge in [-0.3, -0.25) is 9.80 Å². The van der Waals surface area contributed by atoms with Crippen LogP contribution in [0, 0.1) is 11.7 Å². The fourth-order valence-corrected chi connectivity index (χ4v) is 5.95. The quantitative estimate of drug-likeness (QED) is 0.705. The zero-order valence-corrected chi connectivity index (χ0v) is 18.9. The second-order valence-electron chi connectivity index (χ2n) is 9.09. The molecule has 8 heteroatoms. The lowest BCUT2D eigenvalue weighted by Gasteiger charge is -2.45. The van der Waals surface area contributed by atoms with Gasteiger partial charge < -0.3 is 4.74 Å². The average molecular weight is 459 g/mol. The summed E-state index contributed by atoms with van der Waals surface area (Å²) >= 11 is 0. The van der Waals surface area contributed by atoms with Crippen LogP contribution < -0.4 is 0 Å². The second kappa shape index (κ2) is 8.15. The normalized spacial score (nSPS) is 27.1. The van der Waals surface area contributed by atoms with E-state index >= 15 is 0 Å². The Morgan fingerprint density at radius 3 is 2.41 bits per heavy atom. The monoisotopic (exact) mass is 458 g/mol. The summed E-state index contributed by atoms with van der Waals surface area (Å²) in [5.74, 6) is 0.0567. The van der Waals surface area contributed by atoms with E-state index in [0.717, 1.165) is 49.2 Å². The molecule has 3 fully saturated rings. The smallest absolute Gasteiger partial charge is 0.410 e. The third kappa shape index (κ3) is 4.01. The van der Waals surface area contributed by atoms with Gasteiger partial charge in [0.05, 0.1) is 10.9 Å². The predicted molar refractivity (Wildman–Crippen MR) is 118 cm³/mol. The molecule has 0 spiro atoms. The van der Waals surface area contributed by atoms with Crippen molar-refractivity contribution in [3.8, 4) is 0 Å². The summed E-state index contributed by atoms with van der Waals surface area (Å²) in [5.41, 5.74) is 2.50. The number of fused-ring (bicyclic) bond motifs is 4. The van der Waals surface area contributed by atoms with Gasteiger partial charge in [0.1, 0.15) is 11.9 Å². The van der Waals surface area contributed by atoms with Crippen LogP contribution in [0.15, 0.2) is 47.4 Å². The van der Waals surface area contributed by atoms with Crippen LogP contribution >= 0.6 is 0 Å². The Kier molecular flexibility index (Phi) is 5.45. The molecule has 0 saturated carbocycles. The molecule has 0 unspecified atom stereocenters. The number of rotatable bonds is 3. The standard InChI is InChI=1S/C24H27FN2O4S/c1-32(29,30)20-6-7-21-18(14-20)10-13-27(23(21)17-2-4-19(25)5-3-17)24(28)31-22-15-26-11-8-16(22)9-12-26/h2-7,14,16,22-23H,8-13,15H2,1H3/t22-,23+/m1/s1. The number of benzene rings is 2. The molecule has 2 atom stereocenters. The molecule has 4 heterocycles. The number of piperidine rings is 3. The van der Waals surface area contributed by atoms with Gasteiger partial charge in [0.2, 0.25) is 0 Å². The van der Waals surface area contributed by atoms with Crippen molar-refractivity contribution < 1.29 is 22.3 Å². The number of halogens is 1. The van der Waals surface area contributed by atoms with Gasteiger partial charge >= 0.3 is 6.09 Å². The van der Waals surface area contributed by atoms with Crippen LogP contribution in [-0.4, -0.2) is 62.8 Å². The second-order valence-corrected chi connectivity index (χ2v) is 11.1. The highest BCUT2D eigenvalue weighted by Crippen LogP contribution is 2.38. The van der Waals surface area contributed by atoms with Crippen LogP contribution in [0.5, 0.6) is 0 Å². The van der Waals surface area contributed by atoms with Crippen molar-refractivity contribution in [1.29, 1.82) is 0 Å². The number of nitrogens with zero attached hydrogens (tertiary/aromatic N) is 2. The van der Waals surface area contributed by atoms with E-state index in [-0.39, 0.29) is 22.9 Å². The zero-order chi connectivity index (χ0) is 22.5. The molecule has 2 aromatic rings. The van der Waals surface area contributed by atoms with Gasteiger partial charge in [0, 0.05) is 19.3 Å². The maximum Gasteiger partial charge on any atom is 0.410 e. The van der Waals surface area contributed by atoms with Crippen LogP contribution in [0.1, 0.15) is 35.6 Å². The van der Waals surface area contributed by atoms with Crippen molar-refractivity contribution in [2.24, 2.45) is 5.92 Å². The zero-order valence-electron chi connectivity index (χ0n) is 18.0. The molecular weight excluding hydrogens is 431 g/mol. The minimum atomic E-state index is -3.34. The minimum Gasteiger partial charge on any atom is -0.444 e. The molecule has 32 heavy (non-hydrogen) atoms. The van der Waals surface area contributed by atoms with E-state index in [9.17, 15) is 17.6 Å². The van der Waals surface area contributed by atoms with Gasteiger partial charge in [0.25, 0.3) is 0 Å². The van der Waals surface area contributed by atoms with E-state index < -0.39 is 15.9 Å². The maximum absolute atomic E-state index is 13.6. The lowest BCUT2D eigenvalue weighted by molar-refractivity contribution is -0.0462. The Morgan fingerprint density at radius 1 is 1.06 bits per heavy atom. The summed E-state index contributed by atoms with van der Waals surface area (Å²) < 4.78 is 43.7. The highest BCUT2D eigenvalue weighted by atomic mass is 32.2. The first-order valence-electron chi connectivity index (χ1n) is 11.1. The van der Waals surface area contributed by atoms with Gasteiger partial charge in [-0.25, -0.2) is 17.6 Å². The molecule has 0 aliphatic carbocycles. The van der Waals surface area contributed by atoms with Gasteiger partial charge in [-0.15, -0.1) is 0 Å². The average Bonchev–Trinajstić information content (AvgIpc) is 2.79. The van der Waals surface area contributed by atoms with Gasteiger partial charge in [-0.2, -0.15) is 0 Å². The summed E-state index contributed by atoms with van der Waals surface area (Å²) in [4.78, 5) is 17.6. The van der Waals surface area contributed by atoms with E-state index in [1.54, 1.807) is 35.2 Å². The first-order valence-corrected chi connectivity index (χ1v) is 13.0. The molecule has 0 aromatic heterocycles. The number of carbonyl (C=O) groups is 1. The molecule has 6 rings (SSSR count). The number of ether oxygens (including phenoxy) is 1. The Hall–Kier alpha value is -2.45. The van der Waals surface area contributed by atoms with Crippen molar-refractivity contribution in [1.82, 2.24) is 9.80 Å². The molecule has 1 amide bonds. The van der Waals surface area contributed by atoms with E-state index in [1.165, 1.54) is 18.4 Å². The Bertz CT molecular complexity index is 1130. The van der Waals surface area contributed by atoms with Gasteiger partial charge in [-0.05, 0) is 79.2 Å². The van der Waals surface area contributed by atoms with Crippen LogP contribution in [0.4, 0.5) is 9.18 Å². The van der Waals surface area contributed by atoms with Crippen LogP contribution in [0.3, 0.4) is 0 Å². The predicted octanol–water partition coefficient (Wildman–Crippen LogP) is 3.41. The molecule has 2 aromatic carbocycles. The van der Waals surface area contributed by atoms with E-state index in [0.29, 0.717) is 18.9 Å². The largest absolute Gasteiger partial charge is 0.444 e. The summed E-state index contributed by atoms with van der Waals surface area (Å²) in [6.07, 6.45) is 3.36. The summed E-state index contributed by atoms with van der Waals surface area (Å²) in [5, 5.41) is 0. The van der Waals surface area contributed by atoms with E-state index in [1.807, 2.05) is 0 Å². The summed E-state index contributed by atoms with van der Waals surface area (Å²) in [6.45, 7) is 3.31. The molecule has 4 aliphatic rings. The van der Waals surface area contributed by atoms with Crippen LogP contribution in [-0.2, 0) is 21.0 Å². The molecule has 3 saturated heterocycles. The molecule has 6 nitrogen and oxygen atoms in total. The van der Waals surface area contributed by atoms with Crippen LogP contribution in [0.2, 0.25) is 0 Å². The lowest BCUT2D eigenvalue weighted by Crippen LogP contribution is -2.53. The van der Waals surface area contributed by atoms with Crippen molar-refractivity contribution >= 4 is 15.9 Å². The van der Waals surface area contributed by atoms with E-state index in [2.05, 4.69) is 4.90 Å². The molecular formula is C24H27FN2O4S. The van der Waals surface area contributed by atoms with Crippen molar-refractivity contribution in [2.75, 3.05) is 32.4 Å². The van der Waals surface area contributed by atoms with E-state index in [4.69, 9.17) is 4.74 Å². The van der Waals surface area contributed by atoms with Crippen LogP contribution in [0.25, 0.3) is 0 Å². The van der Waals surface area contributed by atoms with Crippen molar-refractivity contribution in [3.05, 3.63) is 65.0 Å². The third-order valence-electron chi connectivity index (χ3n) is 7.04. The minimum absolute atomic E-state index is 0.104. The molecule has 0 N–H and O–H groups in total. The number of hydrogen-bond donors (Lipinski definition) is 0. The highest BCUT2D eigenvalue weighted by Gasteiger charge is 2.39. The SMILES string of the molecule is CS(=O)(=O)c1ccc2c(c1)CCN(C(=O)O[C@@H]1CN3CCC1CC3)[C@H]2c1ccc(F)cc1. The lowest BCUT2D eigenvalue weighted by atomic mass is 9.86. The van der Waals surface area contributed by atoms with Gasteiger partial charge in [0.15, 0.2) is 9.84 Å². The number of amides is 1. The fourth-order valence-electron chi connectivity index (χ4n) is 5.28. The Labute approximate surface area is 187 Å². The third-order valence-corrected chi connectivity index (χ3v) is 8.15. The molecule has 2 bridgehead atoms. The fraction of sp³-hybridized carbons (Fsp3) is 0.458. The van der Waals surface area contributed by atoms with Gasteiger partial charge in [-0.1, -0.05) is 18.2 Å².